The van der Waals surface area contributed by atoms with E-state index in [1.165, 1.54) is 30.3 Å². The van der Waals surface area contributed by atoms with E-state index in [4.69, 9.17) is 18.9 Å². The van der Waals surface area contributed by atoms with E-state index >= 15 is 0 Å². The highest BCUT2D eigenvalue weighted by Crippen LogP contribution is 2.43. The molecule has 2 aromatic carbocycles. The Bertz CT molecular complexity index is 883. The predicted octanol–water partition coefficient (Wildman–Crippen LogP) is 5.44. The van der Waals surface area contributed by atoms with Crippen molar-refractivity contribution in [1.29, 1.82) is 0 Å². The van der Waals surface area contributed by atoms with E-state index in [-0.39, 0.29) is 18.6 Å². The molecule has 2 rings (SSSR count). The molecule has 0 saturated carbocycles. The lowest BCUT2D eigenvalue weighted by atomic mass is 9.92. The molecule has 180 valence electrons. The van der Waals surface area contributed by atoms with Crippen LogP contribution in [0.3, 0.4) is 0 Å². The Labute approximate surface area is 192 Å². The van der Waals surface area contributed by atoms with Crippen LogP contribution in [0.2, 0.25) is 0 Å². The Balaban J connectivity index is 2.11. The summed E-state index contributed by atoms with van der Waals surface area (Å²) in [6.45, 7) is 5.84. The number of hydrogen-bond acceptors (Lipinski definition) is 5. The fraction of sp³-hybridized carbons (Fsp3) is 0.400. The van der Waals surface area contributed by atoms with Gasteiger partial charge < -0.3 is 18.9 Å². The number of halogens is 3. The average molecular weight is 466 g/mol. The molecule has 5 nitrogen and oxygen atoms in total. The number of hydrogen-bond donors (Lipinski definition) is 0. The van der Waals surface area contributed by atoms with E-state index in [1.807, 2.05) is 12.1 Å². The summed E-state index contributed by atoms with van der Waals surface area (Å²) in [5, 5.41) is 0. The summed E-state index contributed by atoms with van der Waals surface area (Å²) in [6, 6.07) is 14.0. The number of rotatable bonds is 12. The van der Waals surface area contributed by atoms with Crippen LogP contribution in [-0.4, -0.2) is 39.1 Å². The highest BCUT2D eigenvalue weighted by molar-refractivity contribution is 5.82. The van der Waals surface area contributed by atoms with Crippen molar-refractivity contribution in [3.8, 4) is 5.75 Å². The lowest BCUT2D eigenvalue weighted by Gasteiger charge is -2.34. The van der Waals surface area contributed by atoms with Gasteiger partial charge in [0, 0.05) is 25.0 Å². The molecule has 0 aliphatic heterocycles. The van der Waals surface area contributed by atoms with Gasteiger partial charge in [0.05, 0.1) is 20.3 Å². The van der Waals surface area contributed by atoms with Gasteiger partial charge in [-0.05, 0) is 17.7 Å². The Morgan fingerprint density at radius 1 is 1.06 bits per heavy atom. The van der Waals surface area contributed by atoms with Crippen LogP contribution in [-0.2, 0) is 31.2 Å². The van der Waals surface area contributed by atoms with Crippen LogP contribution in [0.4, 0.5) is 13.2 Å². The quantitative estimate of drug-likeness (QED) is 0.237. The monoisotopic (exact) mass is 466 g/mol. The lowest BCUT2D eigenvalue weighted by molar-refractivity contribution is -0.278. The van der Waals surface area contributed by atoms with Gasteiger partial charge >= 0.3 is 12.1 Å². The first-order chi connectivity index (χ1) is 15.7. The van der Waals surface area contributed by atoms with Crippen LogP contribution in [0.25, 0.3) is 0 Å². The highest BCUT2D eigenvalue weighted by atomic mass is 19.4. The molecule has 0 aliphatic carbocycles. The largest absolute Gasteiger partial charge is 0.497 e. The molecule has 0 bridgehead atoms. The van der Waals surface area contributed by atoms with Crippen LogP contribution in [0.1, 0.15) is 24.5 Å². The van der Waals surface area contributed by atoms with Gasteiger partial charge in [0.25, 0.3) is 5.60 Å². The zero-order valence-electron chi connectivity index (χ0n) is 18.9. The fourth-order valence-corrected chi connectivity index (χ4v) is 3.30. The normalized spacial score (nSPS) is 15.2. The van der Waals surface area contributed by atoms with Crippen molar-refractivity contribution in [2.75, 3.05) is 20.8 Å². The van der Waals surface area contributed by atoms with Gasteiger partial charge in [-0.1, -0.05) is 55.5 Å². The van der Waals surface area contributed by atoms with Gasteiger partial charge in [0.15, 0.2) is 0 Å². The van der Waals surface area contributed by atoms with Crippen molar-refractivity contribution >= 4 is 5.97 Å². The van der Waals surface area contributed by atoms with Crippen LogP contribution >= 0.6 is 0 Å². The summed E-state index contributed by atoms with van der Waals surface area (Å²) in [5.41, 5.74) is -2.69. The first kappa shape index (κ1) is 26.4. The molecule has 0 spiro atoms. The molecule has 0 aliphatic rings. The van der Waals surface area contributed by atoms with Crippen LogP contribution in [0, 0.1) is 5.92 Å². The van der Waals surface area contributed by atoms with E-state index in [2.05, 4.69) is 6.58 Å². The summed E-state index contributed by atoms with van der Waals surface area (Å²) >= 11 is 0. The minimum absolute atomic E-state index is 0.166. The van der Waals surface area contributed by atoms with Gasteiger partial charge in [-0.3, -0.25) is 0 Å². The zero-order chi connectivity index (χ0) is 24.5. The smallest absolute Gasteiger partial charge is 0.432 e. The predicted molar refractivity (Wildman–Crippen MR) is 118 cm³/mol. The highest BCUT2D eigenvalue weighted by Gasteiger charge is 2.64. The van der Waals surface area contributed by atoms with Crippen LogP contribution < -0.4 is 4.74 Å². The second-order valence-corrected chi connectivity index (χ2v) is 7.48. The minimum Gasteiger partial charge on any atom is -0.497 e. The van der Waals surface area contributed by atoms with Gasteiger partial charge in [0.1, 0.15) is 11.9 Å². The number of methoxy groups -OCH3 is 2. The van der Waals surface area contributed by atoms with Crippen molar-refractivity contribution in [3.05, 3.63) is 78.4 Å². The molecule has 0 amide bonds. The maximum absolute atomic E-state index is 14.1. The molecule has 2 aromatic rings. The summed E-state index contributed by atoms with van der Waals surface area (Å²) in [7, 11) is 2.41. The molecule has 0 radical (unpaired) electrons. The van der Waals surface area contributed by atoms with Crippen LogP contribution in [0.15, 0.2) is 67.3 Å². The van der Waals surface area contributed by atoms with E-state index in [0.29, 0.717) is 6.61 Å². The Hall–Kier alpha value is -2.84. The second kappa shape index (κ2) is 11.9. The van der Waals surface area contributed by atoms with Gasteiger partial charge in [0.2, 0.25) is 0 Å². The van der Waals surface area contributed by atoms with Crippen molar-refractivity contribution < 1.29 is 36.9 Å². The molecule has 0 heterocycles. The zero-order valence-corrected chi connectivity index (χ0v) is 18.9. The minimum atomic E-state index is -5.03. The van der Waals surface area contributed by atoms with Gasteiger partial charge in [-0.15, -0.1) is 6.58 Å². The molecule has 33 heavy (non-hydrogen) atoms. The third-order valence-corrected chi connectivity index (χ3v) is 5.36. The molecule has 3 atom stereocenters. The lowest BCUT2D eigenvalue weighted by Crippen LogP contribution is -2.53. The maximum atomic E-state index is 14.1. The molecule has 8 heteroatoms. The summed E-state index contributed by atoms with van der Waals surface area (Å²) in [6.07, 6.45) is -4.22. The number of esters is 1. The Morgan fingerprint density at radius 2 is 1.70 bits per heavy atom. The molecular formula is C25H29F3O5. The van der Waals surface area contributed by atoms with E-state index in [9.17, 15) is 18.0 Å². The number of ether oxygens (including phenoxy) is 4. The average Bonchev–Trinajstić information content (AvgIpc) is 2.81. The second-order valence-electron chi connectivity index (χ2n) is 7.48. The first-order valence-electron chi connectivity index (χ1n) is 10.4. The molecule has 0 N–H and O–H groups in total. The summed E-state index contributed by atoms with van der Waals surface area (Å²) < 4.78 is 63.3. The third kappa shape index (κ3) is 6.36. The first-order valence-corrected chi connectivity index (χ1v) is 10.4. The Kier molecular flexibility index (Phi) is 9.49. The molecular weight excluding hydrogens is 437 g/mol. The van der Waals surface area contributed by atoms with Crippen molar-refractivity contribution in [1.82, 2.24) is 0 Å². The molecule has 0 fully saturated rings. The van der Waals surface area contributed by atoms with E-state index in [0.717, 1.165) is 18.4 Å². The molecule has 0 saturated heterocycles. The summed E-state index contributed by atoms with van der Waals surface area (Å²) in [4.78, 5) is 12.9. The van der Waals surface area contributed by atoms with Crippen LogP contribution in [0.5, 0.6) is 5.75 Å². The number of benzene rings is 2. The molecule has 0 unspecified atom stereocenters. The molecule has 0 aromatic heterocycles. The summed E-state index contributed by atoms with van der Waals surface area (Å²) in [5.74, 6) is -1.22. The number of alkyl halides is 3. The number of carbonyl (C=O) groups is 1. The fourth-order valence-electron chi connectivity index (χ4n) is 3.30. The standard InChI is InChI=1S/C25H29F3O5/c1-5-18(2)22(15-16-32-17-19-11-13-21(30-3)14-12-19)33-23(29)24(31-4,25(26,27)28)20-9-7-6-8-10-20/h5-14,18,22H,1,15-17H2,2-4H3/t18-,22+,24+/m0/s1. The van der Waals surface area contributed by atoms with E-state index in [1.54, 1.807) is 32.2 Å². The van der Waals surface area contributed by atoms with Crippen molar-refractivity contribution in [3.63, 3.8) is 0 Å². The van der Waals surface area contributed by atoms with Gasteiger partial charge in [-0.2, -0.15) is 13.2 Å². The number of carbonyl (C=O) groups excluding carboxylic acids is 1. The van der Waals surface area contributed by atoms with Crippen molar-refractivity contribution in [2.24, 2.45) is 5.92 Å². The topological polar surface area (TPSA) is 54.0 Å². The maximum Gasteiger partial charge on any atom is 0.432 e. The van der Waals surface area contributed by atoms with E-state index < -0.39 is 29.8 Å². The van der Waals surface area contributed by atoms with Crippen molar-refractivity contribution in [2.45, 2.75) is 37.8 Å². The third-order valence-electron chi connectivity index (χ3n) is 5.36. The Morgan fingerprint density at radius 3 is 2.21 bits per heavy atom. The SMILES string of the molecule is C=C[C@H](C)[C@@H](CCOCc1ccc(OC)cc1)OC(=O)[C@](OC)(c1ccccc1)C(F)(F)F. The van der Waals surface area contributed by atoms with Gasteiger partial charge in [-0.25, -0.2) is 4.79 Å².